The van der Waals surface area contributed by atoms with E-state index in [1.54, 1.807) is 11.0 Å². The lowest BCUT2D eigenvalue weighted by atomic mass is 9.93. The Morgan fingerprint density at radius 3 is 2.57 bits per heavy atom. The largest absolute Gasteiger partial charge is 0.416 e. The van der Waals surface area contributed by atoms with Gasteiger partial charge in [-0.1, -0.05) is 25.1 Å². The fourth-order valence-electron chi connectivity index (χ4n) is 2.59. The number of alkyl halides is 3. The van der Waals surface area contributed by atoms with Crippen LogP contribution in [0.25, 0.3) is 0 Å². The number of halogens is 3. The molecule has 1 fully saturated rings. The molecule has 1 aromatic carbocycles. The number of piperazine rings is 1. The van der Waals surface area contributed by atoms with Crippen LogP contribution in [0.1, 0.15) is 30.4 Å². The van der Waals surface area contributed by atoms with Gasteiger partial charge in [-0.3, -0.25) is 4.79 Å². The predicted molar refractivity (Wildman–Crippen MR) is 73.9 cm³/mol. The van der Waals surface area contributed by atoms with Crippen molar-refractivity contribution in [1.29, 1.82) is 0 Å². The smallest absolute Gasteiger partial charge is 0.340 e. The molecule has 2 rings (SSSR count). The maximum Gasteiger partial charge on any atom is 0.416 e. The Balaban J connectivity index is 2.22. The quantitative estimate of drug-likeness (QED) is 0.930. The summed E-state index contributed by atoms with van der Waals surface area (Å²) in [6.07, 6.45) is -3.89. The molecule has 1 saturated heterocycles. The Bertz CT molecular complexity index is 496. The van der Waals surface area contributed by atoms with Crippen molar-refractivity contribution in [2.24, 2.45) is 0 Å². The predicted octanol–water partition coefficient (Wildman–Crippen LogP) is 2.63. The highest BCUT2D eigenvalue weighted by atomic mass is 19.4. The van der Waals surface area contributed by atoms with E-state index in [0.29, 0.717) is 25.1 Å². The molecule has 3 nitrogen and oxygen atoms in total. The number of benzene rings is 1. The van der Waals surface area contributed by atoms with Gasteiger partial charge >= 0.3 is 6.18 Å². The minimum atomic E-state index is -4.38. The Hall–Kier alpha value is -1.56. The van der Waals surface area contributed by atoms with Crippen LogP contribution in [0.15, 0.2) is 24.3 Å². The van der Waals surface area contributed by atoms with E-state index in [0.717, 1.165) is 25.2 Å². The molecule has 0 saturated carbocycles. The summed E-state index contributed by atoms with van der Waals surface area (Å²) >= 11 is 0. The van der Waals surface area contributed by atoms with Gasteiger partial charge in [0.05, 0.1) is 11.5 Å². The summed E-state index contributed by atoms with van der Waals surface area (Å²) in [4.78, 5) is 14.2. The van der Waals surface area contributed by atoms with E-state index in [1.807, 2.05) is 6.92 Å². The highest BCUT2D eigenvalue weighted by Gasteiger charge is 2.32. The number of nitrogens with one attached hydrogen (secondary N) is 1. The van der Waals surface area contributed by atoms with Gasteiger partial charge < -0.3 is 10.2 Å². The number of carbonyl (C=O) groups excluding carboxylic acids is 1. The fraction of sp³-hybridized carbons (Fsp3) is 0.533. The van der Waals surface area contributed by atoms with Crippen molar-refractivity contribution in [2.45, 2.75) is 25.4 Å². The molecule has 1 aliphatic heterocycles. The van der Waals surface area contributed by atoms with Crippen LogP contribution in [0.2, 0.25) is 0 Å². The van der Waals surface area contributed by atoms with Crippen molar-refractivity contribution in [3.05, 3.63) is 35.4 Å². The van der Waals surface area contributed by atoms with E-state index >= 15 is 0 Å². The van der Waals surface area contributed by atoms with Crippen LogP contribution < -0.4 is 5.32 Å². The monoisotopic (exact) mass is 300 g/mol. The molecule has 21 heavy (non-hydrogen) atoms. The third-order valence-corrected chi connectivity index (χ3v) is 3.75. The van der Waals surface area contributed by atoms with Crippen LogP contribution >= 0.6 is 0 Å². The Morgan fingerprint density at radius 2 is 2.00 bits per heavy atom. The second-order valence-corrected chi connectivity index (χ2v) is 5.16. The lowest BCUT2D eigenvalue weighted by Crippen LogP contribution is -2.48. The maximum absolute atomic E-state index is 12.8. The molecule has 0 aliphatic carbocycles. The molecule has 0 spiro atoms. The van der Waals surface area contributed by atoms with E-state index in [1.165, 1.54) is 6.07 Å². The van der Waals surface area contributed by atoms with E-state index in [-0.39, 0.29) is 5.91 Å². The van der Waals surface area contributed by atoms with E-state index in [2.05, 4.69) is 5.32 Å². The van der Waals surface area contributed by atoms with E-state index in [9.17, 15) is 18.0 Å². The second-order valence-electron chi connectivity index (χ2n) is 5.16. The molecule has 0 bridgehead atoms. The van der Waals surface area contributed by atoms with Gasteiger partial charge in [-0.2, -0.15) is 13.2 Å². The molecule has 6 heteroatoms. The second kappa shape index (κ2) is 6.47. The summed E-state index contributed by atoms with van der Waals surface area (Å²) in [6, 6.07) is 5.09. The Morgan fingerprint density at radius 1 is 1.33 bits per heavy atom. The third kappa shape index (κ3) is 3.75. The first-order chi connectivity index (χ1) is 9.93. The average molecular weight is 300 g/mol. The zero-order valence-electron chi connectivity index (χ0n) is 11.9. The first-order valence-electron chi connectivity index (χ1n) is 7.10. The van der Waals surface area contributed by atoms with Gasteiger partial charge in [-0.25, -0.2) is 0 Å². The minimum Gasteiger partial charge on any atom is -0.340 e. The van der Waals surface area contributed by atoms with Crippen molar-refractivity contribution in [3.8, 4) is 0 Å². The number of rotatable bonds is 3. The van der Waals surface area contributed by atoms with Crippen molar-refractivity contribution in [1.82, 2.24) is 10.2 Å². The van der Waals surface area contributed by atoms with E-state index in [4.69, 9.17) is 0 Å². The summed E-state index contributed by atoms with van der Waals surface area (Å²) in [5.74, 6) is -0.594. The Kier molecular flexibility index (Phi) is 4.88. The first-order valence-corrected chi connectivity index (χ1v) is 7.10. The maximum atomic E-state index is 12.8. The molecular weight excluding hydrogens is 281 g/mol. The summed E-state index contributed by atoms with van der Waals surface area (Å²) in [5, 5.41) is 3.15. The zero-order valence-corrected chi connectivity index (χ0v) is 11.9. The average Bonchev–Trinajstić information content (AvgIpc) is 2.48. The normalized spacial score (nSPS) is 17.6. The summed E-state index contributed by atoms with van der Waals surface area (Å²) < 4.78 is 38.4. The van der Waals surface area contributed by atoms with Gasteiger partial charge in [0.15, 0.2) is 0 Å². The zero-order chi connectivity index (χ0) is 15.5. The van der Waals surface area contributed by atoms with Crippen LogP contribution in [-0.4, -0.2) is 37.0 Å². The number of hydrogen-bond donors (Lipinski definition) is 1. The molecule has 116 valence electrons. The molecule has 0 aromatic heterocycles. The van der Waals surface area contributed by atoms with Crippen LogP contribution in [0, 0.1) is 0 Å². The number of amides is 1. The summed E-state index contributed by atoms with van der Waals surface area (Å²) in [6.45, 7) is 4.49. The molecule has 1 atom stereocenters. The molecular formula is C15H19F3N2O. The molecule has 1 aliphatic rings. The lowest BCUT2D eigenvalue weighted by molar-refractivity contribution is -0.138. The fourth-order valence-corrected chi connectivity index (χ4v) is 2.59. The van der Waals surface area contributed by atoms with Gasteiger partial charge in [0.25, 0.3) is 0 Å². The molecule has 0 radical (unpaired) electrons. The third-order valence-electron chi connectivity index (χ3n) is 3.75. The van der Waals surface area contributed by atoms with E-state index < -0.39 is 17.7 Å². The van der Waals surface area contributed by atoms with Crippen molar-refractivity contribution in [2.75, 3.05) is 26.2 Å². The SMILES string of the molecule is CCC(C(=O)N1CCNCC1)c1cccc(C(F)(F)F)c1. The molecule has 1 heterocycles. The van der Waals surface area contributed by atoms with Gasteiger partial charge in [0.2, 0.25) is 5.91 Å². The lowest BCUT2D eigenvalue weighted by Gasteiger charge is -2.31. The standard InChI is InChI=1S/C15H19F3N2O/c1-2-13(14(21)20-8-6-19-7-9-20)11-4-3-5-12(10-11)15(16,17)18/h3-5,10,13,19H,2,6-9H2,1H3. The molecule has 1 amide bonds. The van der Waals surface area contributed by atoms with Crippen molar-refractivity contribution < 1.29 is 18.0 Å². The van der Waals surface area contributed by atoms with Gasteiger partial charge in [0.1, 0.15) is 0 Å². The van der Waals surface area contributed by atoms with Crippen LogP contribution in [-0.2, 0) is 11.0 Å². The molecule has 1 unspecified atom stereocenters. The van der Waals surface area contributed by atoms with Gasteiger partial charge in [-0.05, 0) is 18.1 Å². The molecule has 1 N–H and O–H groups in total. The molecule has 1 aromatic rings. The highest BCUT2D eigenvalue weighted by molar-refractivity contribution is 5.83. The Labute approximate surface area is 122 Å². The van der Waals surface area contributed by atoms with Crippen molar-refractivity contribution in [3.63, 3.8) is 0 Å². The summed E-state index contributed by atoms with van der Waals surface area (Å²) in [7, 11) is 0. The van der Waals surface area contributed by atoms with Gasteiger partial charge in [0, 0.05) is 26.2 Å². The topological polar surface area (TPSA) is 32.3 Å². The van der Waals surface area contributed by atoms with Crippen LogP contribution in [0.4, 0.5) is 13.2 Å². The number of hydrogen-bond acceptors (Lipinski definition) is 2. The minimum absolute atomic E-state index is 0.0849. The number of nitrogens with zero attached hydrogens (tertiary/aromatic N) is 1. The van der Waals surface area contributed by atoms with Crippen LogP contribution in [0.3, 0.4) is 0 Å². The highest BCUT2D eigenvalue weighted by Crippen LogP contribution is 2.32. The number of carbonyl (C=O) groups is 1. The van der Waals surface area contributed by atoms with Gasteiger partial charge in [-0.15, -0.1) is 0 Å². The van der Waals surface area contributed by atoms with Crippen LogP contribution in [0.5, 0.6) is 0 Å². The summed E-state index contributed by atoms with van der Waals surface area (Å²) in [5.41, 5.74) is -0.262. The van der Waals surface area contributed by atoms with Crippen molar-refractivity contribution >= 4 is 5.91 Å². The first kappa shape index (κ1) is 15.8.